The molecule has 0 radical (unpaired) electrons. The van der Waals surface area contributed by atoms with Crippen LogP contribution in [-0.2, 0) is 0 Å². The van der Waals surface area contributed by atoms with Gasteiger partial charge in [-0.3, -0.25) is 0 Å². The quantitative estimate of drug-likeness (QED) is 0.873. The summed E-state index contributed by atoms with van der Waals surface area (Å²) in [5.41, 5.74) is 6.58. The minimum Gasteiger partial charge on any atom is -0.464 e. The third kappa shape index (κ3) is 2.55. The van der Waals surface area contributed by atoms with Gasteiger partial charge in [0, 0.05) is 6.20 Å². The lowest BCUT2D eigenvalue weighted by Gasteiger charge is -2.04. The van der Waals surface area contributed by atoms with E-state index in [-0.39, 0.29) is 12.0 Å². The predicted octanol–water partition coefficient (Wildman–Crippen LogP) is 1.16. The van der Waals surface area contributed by atoms with E-state index in [1.807, 2.05) is 13.0 Å². The van der Waals surface area contributed by atoms with Crippen LogP contribution >= 0.6 is 0 Å². The normalized spacial score (nSPS) is 10.9. The summed E-state index contributed by atoms with van der Waals surface area (Å²) >= 11 is 0. The zero-order valence-corrected chi connectivity index (χ0v) is 10.7. The molecule has 2 rings (SSSR count). The van der Waals surface area contributed by atoms with Crippen molar-refractivity contribution >= 4 is 5.95 Å². The van der Waals surface area contributed by atoms with E-state index in [0.29, 0.717) is 18.5 Å². The van der Waals surface area contributed by atoms with Gasteiger partial charge in [-0.1, -0.05) is 13.8 Å². The molecule has 0 aliphatic carbocycles. The molecular formula is C11H16N6O. The van der Waals surface area contributed by atoms with Crippen molar-refractivity contribution in [2.75, 3.05) is 12.3 Å². The first-order valence-corrected chi connectivity index (χ1v) is 5.80. The summed E-state index contributed by atoms with van der Waals surface area (Å²) in [7, 11) is 0. The maximum Gasteiger partial charge on any atom is 0.323 e. The molecule has 0 spiro atoms. The highest BCUT2D eigenvalue weighted by molar-refractivity contribution is 5.25. The standard InChI is InChI=1S/C11H16N6O/c1-4-18-11-14-9(12)13-10(15-11)17-6-5-8(16-17)7(2)3/h5-7H,4H2,1-3H3,(H2,12,13,14,15). The number of nitrogens with two attached hydrogens (primary N) is 1. The third-order valence-corrected chi connectivity index (χ3v) is 2.30. The molecule has 0 saturated carbocycles. The number of hydrogen-bond acceptors (Lipinski definition) is 6. The molecule has 0 bridgehead atoms. The van der Waals surface area contributed by atoms with Crippen LogP contribution in [0.25, 0.3) is 5.95 Å². The molecular weight excluding hydrogens is 232 g/mol. The van der Waals surface area contributed by atoms with Gasteiger partial charge in [0.25, 0.3) is 5.95 Å². The molecule has 18 heavy (non-hydrogen) atoms. The predicted molar refractivity (Wildman–Crippen MR) is 66.6 cm³/mol. The van der Waals surface area contributed by atoms with Crippen LogP contribution in [0.5, 0.6) is 6.01 Å². The zero-order chi connectivity index (χ0) is 13.1. The largest absolute Gasteiger partial charge is 0.464 e. The summed E-state index contributed by atoms with van der Waals surface area (Å²) in [5, 5.41) is 4.38. The molecule has 0 aromatic carbocycles. The van der Waals surface area contributed by atoms with Crippen LogP contribution in [0, 0.1) is 0 Å². The second-order valence-corrected chi connectivity index (χ2v) is 4.05. The van der Waals surface area contributed by atoms with Gasteiger partial charge >= 0.3 is 6.01 Å². The monoisotopic (exact) mass is 248 g/mol. The summed E-state index contributed by atoms with van der Waals surface area (Å²) in [4.78, 5) is 12.1. The number of ether oxygens (including phenoxy) is 1. The summed E-state index contributed by atoms with van der Waals surface area (Å²) in [6, 6.07) is 2.13. The van der Waals surface area contributed by atoms with Crippen LogP contribution in [0.1, 0.15) is 32.4 Å². The minimum absolute atomic E-state index is 0.116. The first-order chi connectivity index (χ1) is 8.60. The first kappa shape index (κ1) is 12.3. The van der Waals surface area contributed by atoms with E-state index in [4.69, 9.17) is 10.5 Å². The fourth-order valence-electron chi connectivity index (χ4n) is 1.41. The van der Waals surface area contributed by atoms with Gasteiger partial charge in [-0.15, -0.1) is 0 Å². The lowest BCUT2D eigenvalue weighted by molar-refractivity contribution is 0.311. The summed E-state index contributed by atoms with van der Waals surface area (Å²) in [5.74, 6) is 0.819. The van der Waals surface area contributed by atoms with Crippen molar-refractivity contribution in [3.63, 3.8) is 0 Å². The van der Waals surface area contributed by atoms with Crippen LogP contribution in [0.4, 0.5) is 5.95 Å². The number of aromatic nitrogens is 5. The van der Waals surface area contributed by atoms with E-state index in [2.05, 4.69) is 33.9 Å². The second-order valence-electron chi connectivity index (χ2n) is 4.05. The molecule has 7 heteroatoms. The van der Waals surface area contributed by atoms with Crippen LogP contribution in [0.15, 0.2) is 12.3 Å². The molecule has 0 amide bonds. The van der Waals surface area contributed by atoms with Crippen molar-refractivity contribution in [2.45, 2.75) is 26.7 Å². The second kappa shape index (κ2) is 4.99. The Labute approximate surface area is 105 Å². The lowest BCUT2D eigenvalue weighted by atomic mass is 10.1. The Morgan fingerprint density at radius 3 is 2.72 bits per heavy atom. The van der Waals surface area contributed by atoms with Gasteiger partial charge in [0.1, 0.15) is 0 Å². The average molecular weight is 248 g/mol. The van der Waals surface area contributed by atoms with E-state index >= 15 is 0 Å². The summed E-state index contributed by atoms with van der Waals surface area (Å²) in [6.07, 6.45) is 1.79. The van der Waals surface area contributed by atoms with Crippen molar-refractivity contribution < 1.29 is 4.74 Å². The highest BCUT2D eigenvalue weighted by Gasteiger charge is 2.10. The number of nitrogen functional groups attached to an aromatic ring is 1. The molecule has 0 atom stereocenters. The molecule has 2 aromatic heterocycles. The molecule has 0 fully saturated rings. The molecule has 0 aliphatic rings. The minimum atomic E-state index is 0.116. The van der Waals surface area contributed by atoms with Crippen LogP contribution in [0.2, 0.25) is 0 Å². The maximum absolute atomic E-state index is 5.61. The maximum atomic E-state index is 5.61. The van der Waals surface area contributed by atoms with Crippen molar-refractivity contribution in [1.29, 1.82) is 0 Å². The van der Waals surface area contributed by atoms with E-state index in [0.717, 1.165) is 5.69 Å². The number of hydrogen-bond donors (Lipinski definition) is 1. The van der Waals surface area contributed by atoms with E-state index in [1.165, 1.54) is 0 Å². The Kier molecular flexibility index (Phi) is 3.40. The third-order valence-electron chi connectivity index (χ3n) is 2.30. The molecule has 2 N–H and O–H groups in total. The number of nitrogens with zero attached hydrogens (tertiary/aromatic N) is 5. The highest BCUT2D eigenvalue weighted by atomic mass is 16.5. The van der Waals surface area contributed by atoms with Crippen LogP contribution in [0.3, 0.4) is 0 Å². The first-order valence-electron chi connectivity index (χ1n) is 5.80. The number of rotatable bonds is 4. The Morgan fingerprint density at radius 2 is 2.11 bits per heavy atom. The molecule has 2 aromatic rings. The molecule has 7 nitrogen and oxygen atoms in total. The van der Waals surface area contributed by atoms with Gasteiger partial charge in [0.15, 0.2) is 0 Å². The molecule has 0 saturated heterocycles. The van der Waals surface area contributed by atoms with Gasteiger partial charge in [-0.05, 0) is 18.9 Å². The van der Waals surface area contributed by atoms with Gasteiger partial charge in [-0.2, -0.15) is 20.1 Å². The topological polar surface area (TPSA) is 91.7 Å². The Bertz CT molecular complexity index is 536. The fourth-order valence-corrected chi connectivity index (χ4v) is 1.41. The van der Waals surface area contributed by atoms with Gasteiger partial charge in [0.2, 0.25) is 5.95 Å². The Hall–Kier alpha value is -2.18. The number of anilines is 1. The summed E-state index contributed by atoms with van der Waals surface area (Å²) < 4.78 is 6.79. The highest BCUT2D eigenvalue weighted by Crippen LogP contribution is 2.13. The van der Waals surface area contributed by atoms with Crippen molar-refractivity contribution in [2.24, 2.45) is 0 Å². The SMILES string of the molecule is CCOc1nc(N)nc(-n2ccc(C(C)C)n2)n1. The Balaban J connectivity index is 2.36. The molecule has 96 valence electrons. The van der Waals surface area contributed by atoms with Crippen LogP contribution in [-0.4, -0.2) is 31.3 Å². The van der Waals surface area contributed by atoms with Gasteiger partial charge in [-0.25, -0.2) is 4.68 Å². The fraction of sp³-hybridized carbons (Fsp3) is 0.455. The molecule has 0 unspecified atom stereocenters. The van der Waals surface area contributed by atoms with Crippen LogP contribution < -0.4 is 10.5 Å². The molecule has 0 aliphatic heterocycles. The van der Waals surface area contributed by atoms with Crippen molar-refractivity contribution in [3.8, 4) is 12.0 Å². The molecule has 2 heterocycles. The average Bonchev–Trinajstić information content (AvgIpc) is 2.78. The van der Waals surface area contributed by atoms with E-state index in [9.17, 15) is 0 Å². The smallest absolute Gasteiger partial charge is 0.323 e. The van der Waals surface area contributed by atoms with Crippen molar-refractivity contribution in [1.82, 2.24) is 24.7 Å². The van der Waals surface area contributed by atoms with E-state index in [1.54, 1.807) is 10.9 Å². The van der Waals surface area contributed by atoms with Crippen molar-refractivity contribution in [3.05, 3.63) is 18.0 Å². The summed E-state index contributed by atoms with van der Waals surface area (Å²) in [6.45, 7) is 6.46. The van der Waals surface area contributed by atoms with E-state index < -0.39 is 0 Å². The zero-order valence-electron chi connectivity index (χ0n) is 10.7. The Morgan fingerprint density at radius 1 is 1.33 bits per heavy atom. The van der Waals surface area contributed by atoms with Gasteiger partial charge < -0.3 is 10.5 Å². The lowest BCUT2D eigenvalue weighted by Crippen LogP contribution is -2.09. The van der Waals surface area contributed by atoms with Gasteiger partial charge in [0.05, 0.1) is 12.3 Å².